The van der Waals surface area contributed by atoms with E-state index in [2.05, 4.69) is 57.6 Å². The fourth-order valence-corrected chi connectivity index (χ4v) is 4.86. The van der Waals surface area contributed by atoms with Crippen LogP contribution < -0.4 is 10.6 Å². The lowest BCUT2D eigenvalue weighted by Crippen LogP contribution is -2.45. The Balaban J connectivity index is 1.48. The number of carbonyl (C=O) groups is 2. The summed E-state index contributed by atoms with van der Waals surface area (Å²) in [6.07, 6.45) is 0.280. The quantitative estimate of drug-likeness (QED) is 0.657. The van der Waals surface area contributed by atoms with E-state index < -0.39 is 6.04 Å². The number of methoxy groups -OCH3 is 1. The lowest BCUT2D eigenvalue weighted by atomic mass is 9.91. The number of anilines is 2. The normalized spacial score (nSPS) is 23.0. The van der Waals surface area contributed by atoms with Gasteiger partial charge in [0.2, 0.25) is 5.91 Å². The molecule has 0 aliphatic carbocycles. The average Bonchev–Trinajstić information content (AvgIpc) is 3.21. The van der Waals surface area contributed by atoms with Gasteiger partial charge in [-0.1, -0.05) is 28.9 Å². The number of likely N-dealkylation sites (N-methyl/N-ethyl adjacent to an activating group) is 1. The van der Waals surface area contributed by atoms with Gasteiger partial charge in [0.05, 0.1) is 6.10 Å². The van der Waals surface area contributed by atoms with Crippen molar-refractivity contribution in [1.82, 2.24) is 9.80 Å². The van der Waals surface area contributed by atoms with Crippen LogP contribution in [0.25, 0.3) is 0 Å². The summed E-state index contributed by atoms with van der Waals surface area (Å²) in [4.78, 5) is 30.0. The minimum atomic E-state index is -0.602. The Morgan fingerprint density at radius 3 is 2.50 bits per heavy atom. The van der Waals surface area contributed by atoms with E-state index in [0.29, 0.717) is 24.6 Å². The van der Waals surface area contributed by atoms with Crippen molar-refractivity contribution in [3.63, 3.8) is 0 Å². The zero-order valence-corrected chi connectivity index (χ0v) is 20.2. The predicted molar refractivity (Wildman–Crippen MR) is 129 cm³/mol. The van der Waals surface area contributed by atoms with Crippen LogP contribution in [0.4, 0.5) is 16.2 Å². The molecule has 7 nitrogen and oxygen atoms in total. The number of ether oxygens (including phenoxy) is 1. The molecule has 4 rings (SSSR count). The molecule has 0 bridgehead atoms. The number of hydrogen-bond acceptors (Lipinski definition) is 4. The second-order valence-electron chi connectivity index (χ2n) is 8.70. The van der Waals surface area contributed by atoms with Crippen molar-refractivity contribution in [2.45, 2.75) is 38.0 Å². The van der Waals surface area contributed by atoms with Crippen LogP contribution in [-0.4, -0.2) is 61.1 Å². The monoisotopic (exact) mass is 500 g/mol. The fraction of sp³-hybridized carbons (Fsp3) is 0.417. The van der Waals surface area contributed by atoms with E-state index in [9.17, 15) is 9.59 Å². The summed E-state index contributed by atoms with van der Waals surface area (Å²) >= 11 is 3.39. The zero-order chi connectivity index (χ0) is 22.8. The van der Waals surface area contributed by atoms with Crippen molar-refractivity contribution in [2.75, 3.05) is 37.9 Å². The maximum atomic E-state index is 13.2. The highest BCUT2D eigenvalue weighted by Crippen LogP contribution is 2.30. The van der Waals surface area contributed by atoms with Gasteiger partial charge in [0.25, 0.3) is 0 Å². The average molecular weight is 501 g/mol. The van der Waals surface area contributed by atoms with E-state index in [0.717, 1.165) is 23.2 Å². The first-order valence-electron chi connectivity index (χ1n) is 10.8. The third-order valence-corrected chi connectivity index (χ3v) is 6.75. The molecule has 2 aliphatic heterocycles. The SMILES string of the molecule is COC1C[C@H](C(=O)Nc2ccc3c(c2)C(C)CN(C)C3)N(C(=O)Nc2ccc(Br)cc2)C1. The van der Waals surface area contributed by atoms with E-state index in [4.69, 9.17) is 4.74 Å². The molecule has 3 atom stereocenters. The van der Waals surface area contributed by atoms with Crippen molar-refractivity contribution in [1.29, 1.82) is 0 Å². The maximum absolute atomic E-state index is 13.2. The smallest absolute Gasteiger partial charge is 0.322 e. The number of amides is 3. The Bertz CT molecular complexity index is 997. The third kappa shape index (κ3) is 4.98. The summed E-state index contributed by atoms with van der Waals surface area (Å²) in [5.41, 5.74) is 4.00. The van der Waals surface area contributed by atoms with E-state index in [1.807, 2.05) is 30.3 Å². The number of fused-ring (bicyclic) bond motifs is 1. The van der Waals surface area contributed by atoms with Gasteiger partial charge in [-0.05, 0) is 60.5 Å². The molecule has 2 unspecified atom stereocenters. The first-order valence-corrected chi connectivity index (χ1v) is 11.6. The molecule has 170 valence electrons. The molecule has 0 spiro atoms. The molecule has 0 saturated carbocycles. The molecule has 0 radical (unpaired) electrons. The summed E-state index contributed by atoms with van der Waals surface area (Å²) in [6, 6.07) is 12.5. The number of nitrogens with zero attached hydrogens (tertiary/aromatic N) is 2. The molecule has 32 heavy (non-hydrogen) atoms. The van der Waals surface area contributed by atoms with E-state index in [1.165, 1.54) is 11.1 Å². The van der Waals surface area contributed by atoms with Gasteiger partial charge in [-0.3, -0.25) is 4.79 Å². The molecule has 2 aromatic rings. The molecule has 1 fully saturated rings. The van der Waals surface area contributed by atoms with Gasteiger partial charge in [0, 0.05) is 49.0 Å². The van der Waals surface area contributed by atoms with Crippen molar-refractivity contribution >= 4 is 39.2 Å². The summed E-state index contributed by atoms with van der Waals surface area (Å²) in [6.45, 7) is 4.47. The molecule has 8 heteroatoms. The summed E-state index contributed by atoms with van der Waals surface area (Å²) in [5.74, 6) is 0.203. The second-order valence-corrected chi connectivity index (χ2v) is 9.61. The first-order chi connectivity index (χ1) is 15.3. The van der Waals surface area contributed by atoms with Crippen LogP contribution in [0.15, 0.2) is 46.9 Å². The van der Waals surface area contributed by atoms with Crippen LogP contribution >= 0.6 is 15.9 Å². The first kappa shape index (κ1) is 22.8. The summed E-state index contributed by atoms with van der Waals surface area (Å²) in [7, 11) is 3.73. The van der Waals surface area contributed by atoms with Gasteiger partial charge in [-0.15, -0.1) is 0 Å². The zero-order valence-electron chi connectivity index (χ0n) is 18.6. The van der Waals surface area contributed by atoms with Crippen molar-refractivity contribution in [3.8, 4) is 0 Å². The summed E-state index contributed by atoms with van der Waals surface area (Å²) in [5, 5.41) is 5.91. The number of likely N-dealkylation sites (tertiary alicyclic amines) is 1. The van der Waals surface area contributed by atoms with E-state index in [-0.39, 0.29) is 18.0 Å². The standard InChI is InChI=1S/C24H29BrN4O3/c1-15-12-28(2)13-16-4-7-19(10-21(15)16)26-23(30)22-11-20(32-3)14-29(22)24(31)27-18-8-5-17(25)6-9-18/h4-10,15,20,22H,11-14H2,1-3H3,(H,26,30)(H,27,31)/t15?,20?,22-/m1/s1. The van der Waals surface area contributed by atoms with Gasteiger partial charge in [0.15, 0.2) is 0 Å². The van der Waals surface area contributed by atoms with Crippen molar-refractivity contribution in [2.24, 2.45) is 0 Å². The molecule has 0 aromatic heterocycles. The molecule has 1 saturated heterocycles. The molecule has 2 aliphatic rings. The van der Waals surface area contributed by atoms with Crippen LogP contribution in [0, 0.1) is 0 Å². The third-order valence-electron chi connectivity index (χ3n) is 6.23. The van der Waals surface area contributed by atoms with Crippen LogP contribution in [0.3, 0.4) is 0 Å². The number of nitrogens with one attached hydrogen (secondary N) is 2. The van der Waals surface area contributed by atoms with E-state index in [1.54, 1.807) is 12.0 Å². The van der Waals surface area contributed by atoms with Crippen LogP contribution in [-0.2, 0) is 16.1 Å². The van der Waals surface area contributed by atoms with Crippen LogP contribution in [0.5, 0.6) is 0 Å². The Labute approximate surface area is 197 Å². The highest BCUT2D eigenvalue weighted by atomic mass is 79.9. The Morgan fingerprint density at radius 2 is 1.78 bits per heavy atom. The number of urea groups is 1. The molecule has 2 heterocycles. The van der Waals surface area contributed by atoms with Crippen LogP contribution in [0.1, 0.15) is 30.4 Å². The Kier molecular flexibility index (Phi) is 6.83. The Hall–Kier alpha value is -2.42. The highest BCUT2D eigenvalue weighted by molar-refractivity contribution is 9.10. The predicted octanol–water partition coefficient (Wildman–Crippen LogP) is 4.26. The summed E-state index contributed by atoms with van der Waals surface area (Å²) < 4.78 is 6.40. The van der Waals surface area contributed by atoms with Crippen molar-refractivity contribution in [3.05, 3.63) is 58.1 Å². The number of carbonyl (C=O) groups excluding carboxylic acids is 2. The molecule has 2 N–H and O–H groups in total. The molecule has 3 amide bonds. The lowest BCUT2D eigenvalue weighted by Gasteiger charge is -2.30. The van der Waals surface area contributed by atoms with Crippen LogP contribution in [0.2, 0.25) is 0 Å². The molecular formula is C24H29BrN4O3. The molecule has 2 aromatic carbocycles. The number of benzene rings is 2. The minimum absolute atomic E-state index is 0.180. The largest absolute Gasteiger partial charge is 0.380 e. The highest BCUT2D eigenvalue weighted by Gasteiger charge is 2.40. The van der Waals surface area contributed by atoms with Gasteiger partial charge in [-0.2, -0.15) is 0 Å². The maximum Gasteiger partial charge on any atom is 0.322 e. The fourth-order valence-electron chi connectivity index (χ4n) is 4.59. The van der Waals surface area contributed by atoms with Gasteiger partial charge >= 0.3 is 6.03 Å². The number of hydrogen-bond donors (Lipinski definition) is 2. The van der Waals surface area contributed by atoms with Gasteiger partial charge < -0.3 is 25.2 Å². The van der Waals surface area contributed by atoms with E-state index >= 15 is 0 Å². The van der Waals surface area contributed by atoms with Gasteiger partial charge in [0.1, 0.15) is 6.04 Å². The minimum Gasteiger partial charge on any atom is -0.380 e. The van der Waals surface area contributed by atoms with Crippen molar-refractivity contribution < 1.29 is 14.3 Å². The molecular weight excluding hydrogens is 472 g/mol. The Morgan fingerprint density at radius 1 is 1.06 bits per heavy atom. The number of halogens is 1. The van der Waals surface area contributed by atoms with Gasteiger partial charge in [-0.25, -0.2) is 4.79 Å². The number of rotatable bonds is 4. The topological polar surface area (TPSA) is 73.9 Å². The second kappa shape index (κ2) is 9.60. The lowest BCUT2D eigenvalue weighted by molar-refractivity contribution is -0.119.